The molecule has 18 heavy (non-hydrogen) atoms. The van der Waals surface area contributed by atoms with Gasteiger partial charge in [-0.05, 0) is 46.5 Å². The number of benzene rings is 1. The van der Waals surface area contributed by atoms with Gasteiger partial charge in [0.2, 0.25) is 5.91 Å². The fraction of sp³-hybridized carbons (Fsp3) is 0.462. The zero-order valence-electron chi connectivity index (χ0n) is 10.2. The molecule has 1 heterocycles. The number of halogens is 1. The first kappa shape index (κ1) is 13.4. The van der Waals surface area contributed by atoms with Crippen LogP contribution in [0.5, 0.6) is 0 Å². The van der Waals surface area contributed by atoms with Gasteiger partial charge in [0.15, 0.2) is 0 Å². The van der Waals surface area contributed by atoms with E-state index in [1.807, 2.05) is 6.07 Å². The minimum absolute atomic E-state index is 0.0309. The quantitative estimate of drug-likeness (QED) is 0.890. The Hall–Kier alpha value is -1.07. The monoisotopic (exact) mass is 311 g/mol. The molecule has 1 aliphatic rings. The van der Waals surface area contributed by atoms with Crippen LogP contribution < -0.4 is 16.4 Å². The lowest BCUT2D eigenvalue weighted by molar-refractivity contribution is -0.122. The van der Waals surface area contributed by atoms with E-state index in [1.54, 1.807) is 0 Å². The van der Waals surface area contributed by atoms with Crippen molar-refractivity contribution < 1.29 is 4.79 Å². The van der Waals surface area contributed by atoms with Gasteiger partial charge in [-0.25, -0.2) is 0 Å². The highest BCUT2D eigenvalue weighted by Crippen LogP contribution is 2.30. The molecule has 1 fully saturated rings. The minimum atomic E-state index is -0.174. The number of carbonyl (C=O) groups is 1. The van der Waals surface area contributed by atoms with E-state index < -0.39 is 0 Å². The summed E-state index contributed by atoms with van der Waals surface area (Å²) in [6.07, 6.45) is 1.67. The van der Waals surface area contributed by atoms with Crippen molar-refractivity contribution >= 4 is 27.5 Å². The van der Waals surface area contributed by atoms with Crippen LogP contribution in [0.15, 0.2) is 22.7 Å². The predicted octanol–water partition coefficient (Wildman–Crippen LogP) is 1.61. The maximum absolute atomic E-state index is 11.1. The maximum Gasteiger partial charge on any atom is 0.220 e. The van der Waals surface area contributed by atoms with Gasteiger partial charge < -0.3 is 16.4 Å². The smallest absolute Gasteiger partial charge is 0.220 e. The van der Waals surface area contributed by atoms with Crippen molar-refractivity contribution in [1.29, 1.82) is 0 Å². The van der Waals surface area contributed by atoms with Crippen molar-refractivity contribution in [3.8, 4) is 0 Å². The molecule has 0 saturated carbocycles. The van der Waals surface area contributed by atoms with Crippen LogP contribution in [0.1, 0.15) is 18.4 Å². The Bertz CT molecular complexity index is 442. The summed E-state index contributed by atoms with van der Waals surface area (Å²) in [6, 6.07) is 6.17. The number of hydrogen-bond donors (Lipinski definition) is 2. The molecule has 2 rings (SSSR count). The Balaban J connectivity index is 2.07. The average molecular weight is 312 g/mol. The highest BCUT2D eigenvalue weighted by atomic mass is 79.9. The van der Waals surface area contributed by atoms with Gasteiger partial charge in [-0.2, -0.15) is 0 Å². The van der Waals surface area contributed by atoms with Crippen LogP contribution in [0.3, 0.4) is 0 Å². The van der Waals surface area contributed by atoms with Crippen LogP contribution in [0.2, 0.25) is 0 Å². The zero-order chi connectivity index (χ0) is 13.1. The van der Waals surface area contributed by atoms with E-state index in [4.69, 9.17) is 11.5 Å². The second-order valence-corrected chi connectivity index (χ2v) is 5.51. The van der Waals surface area contributed by atoms with Gasteiger partial charge in [0.25, 0.3) is 0 Å². The highest BCUT2D eigenvalue weighted by Gasteiger charge is 2.24. The number of rotatable bonds is 3. The van der Waals surface area contributed by atoms with Crippen molar-refractivity contribution in [3.63, 3.8) is 0 Å². The Kier molecular flexibility index (Phi) is 4.24. The fourth-order valence-electron chi connectivity index (χ4n) is 2.34. The predicted molar refractivity (Wildman–Crippen MR) is 76.2 cm³/mol. The lowest BCUT2D eigenvalue weighted by Gasteiger charge is -2.33. The van der Waals surface area contributed by atoms with Gasteiger partial charge in [0, 0.05) is 30.0 Å². The molecule has 0 atom stereocenters. The summed E-state index contributed by atoms with van der Waals surface area (Å²) in [6.45, 7) is 2.28. The SMILES string of the molecule is NCc1ccc(N2CCC(C(N)=O)CC2)c(Br)c1. The Labute approximate surface area is 115 Å². The van der Waals surface area contributed by atoms with Gasteiger partial charge in [-0.1, -0.05) is 6.07 Å². The number of nitrogens with two attached hydrogens (primary N) is 2. The number of carbonyl (C=O) groups excluding carboxylic acids is 1. The molecule has 1 aliphatic heterocycles. The summed E-state index contributed by atoms with van der Waals surface area (Å²) in [5.41, 5.74) is 13.2. The molecule has 4 nitrogen and oxygen atoms in total. The topological polar surface area (TPSA) is 72.3 Å². The van der Waals surface area contributed by atoms with E-state index in [2.05, 4.69) is 33.0 Å². The van der Waals surface area contributed by atoms with E-state index in [9.17, 15) is 4.79 Å². The average Bonchev–Trinajstić information content (AvgIpc) is 2.38. The fourth-order valence-corrected chi connectivity index (χ4v) is 3.02. The molecule has 98 valence electrons. The van der Waals surface area contributed by atoms with Crippen molar-refractivity contribution in [2.45, 2.75) is 19.4 Å². The van der Waals surface area contributed by atoms with Crippen LogP contribution >= 0.6 is 15.9 Å². The molecule has 1 aromatic rings. The molecule has 0 bridgehead atoms. The van der Waals surface area contributed by atoms with E-state index in [-0.39, 0.29) is 11.8 Å². The summed E-state index contributed by atoms with van der Waals surface area (Å²) in [5.74, 6) is -0.143. The third-order valence-electron chi connectivity index (χ3n) is 3.49. The second kappa shape index (κ2) is 5.71. The van der Waals surface area contributed by atoms with Gasteiger partial charge in [0.05, 0.1) is 5.69 Å². The third-order valence-corrected chi connectivity index (χ3v) is 4.12. The number of hydrogen-bond acceptors (Lipinski definition) is 3. The first-order valence-electron chi connectivity index (χ1n) is 6.14. The molecule has 0 unspecified atom stereocenters. The van der Waals surface area contributed by atoms with Gasteiger partial charge in [0.1, 0.15) is 0 Å². The molecule has 5 heteroatoms. The molecular weight excluding hydrogens is 294 g/mol. The van der Waals surface area contributed by atoms with E-state index in [0.717, 1.165) is 41.7 Å². The molecule has 0 radical (unpaired) electrons. The Morgan fingerprint density at radius 1 is 1.39 bits per heavy atom. The largest absolute Gasteiger partial charge is 0.371 e. The van der Waals surface area contributed by atoms with E-state index in [0.29, 0.717) is 6.54 Å². The van der Waals surface area contributed by atoms with Crippen LogP contribution in [-0.2, 0) is 11.3 Å². The summed E-state index contributed by atoms with van der Waals surface area (Å²) >= 11 is 3.58. The number of nitrogens with zero attached hydrogens (tertiary/aromatic N) is 1. The van der Waals surface area contributed by atoms with Crippen LogP contribution in [-0.4, -0.2) is 19.0 Å². The first-order valence-corrected chi connectivity index (χ1v) is 6.94. The lowest BCUT2D eigenvalue weighted by atomic mass is 9.96. The van der Waals surface area contributed by atoms with Crippen molar-refractivity contribution in [3.05, 3.63) is 28.2 Å². The summed E-state index contributed by atoms with van der Waals surface area (Å²) in [5, 5.41) is 0. The molecular formula is C13H18BrN3O. The van der Waals surface area contributed by atoms with Crippen LogP contribution in [0.4, 0.5) is 5.69 Å². The summed E-state index contributed by atoms with van der Waals surface area (Å²) in [7, 11) is 0. The van der Waals surface area contributed by atoms with Crippen molar-refractivity contribution in [2.24, 2.45) is 17.4 Å². The maximum atomic E-state index is 11.1. The molecule has 1 aromatic carbocycles. The highest BCUT2D eigenvalue weighted by molar-refractivity contribution is 9.10. The number of primary amides is 1. The second-order valence-electron chi connectivity index (χ2n) is 4.65. The molecule has 0 aromatic heterocycles. The zero-order valence-corrected chi connectivity index (χ0v) is 11.8. The van der Waals surface area contributed by atoms with Gasteiger partial charge >= 0.3 is 0 Å². The standard InChI is InChI=1S/C13H18BrN3O/c14-11-7-9(8-15)1-2-12(11)17-5-3-10(4-6-17)13(16)18/h1-2,7,10H,3-6,8,15H2,(H2,16,18). The van der Waals surface area contributed by atoms with Gasteiger partial charge in [-0.15, -0.1) is 0 Å². The molecule has 0 spiro atoms. The first-order chi connectivity index (χ1) is 8.61. The van der Waals surface area contributed by atoms with Crippen molar-refractivity contribution in [2.75, 3.05) is 18.0 Å². The minimum Gasteiger partial charge on any atom is -0.371 e. The Morgan fingerprint density at radius 2 is 2.06 bits per heavy atom. The molecule has 0 aliphatic carbocycles. The van der Waals surface area contributed by atoms with Crippen LogP contribution in [0, 0.1) is 5.92 Å². The molecule has 1 saturated heterocycles. The van der Waals surface area contributed by atoms with E-state index >= 15 is 0 Å². The number of piperidine rings is 1. The molecule has 1 amide bonds. The number of anilines is 1. The number of amides is 1. The van der Waals surface area contributed by atoms with Gasteiger partial charge in [-0.3, -0.25) is 4.79 Å². The normalized spacial score (nSPS) is 16.9. The van der Waals surface area contributed by atoms with Crippen LogP contribution in [0.25, 0.3) is 0 Å². The van der Waals surface area contributed by atoms with E-state index in [1.165, 1.54) is 0 Å². The lowest BCUT2D eigenvalue weighted by Crippen LogP contribution is -2.38. The van der Waals surface area contributed by atoms with Crippen molar-refractivity contribution in [1.82, 2.24) is 0 Å². The Morgan fingerprint density at radius 3 is 2.56 bits per heavy atom. The summed E-state index contributed by atoms with van der Waals surface area (Å²) < 4.78 is 1.06. The molecule has 4 N–H and O–H groups in total. The third kappa shape index (κ3) is 2.84. The summed E-state index contributed by atoms with van der Waals surface area (Å²) in [4.78, 5) is 13.4.